The van der Waals surface area contributed by atoms with E-state index < -0.39 is 10.5 Å². The maximum atomic E-state index is 12.5. The van der Waals surface area contributed by atoms with Crippen LogP contribution in [-0.2, 0) is 0 Å². The van der Waals surface area contributed by atoms with E-state index >= 15 is 0 Å². The van der Waals surface area contributed by atoms with E-state index in [9.17, 15) is 20.0 Å². The number of para-hydroxylation sites is 2. The Hall–Kier alpha value is -2.74. The Balaban J connectivity index is 2.31. The molecule has 0 bridgehead atoms. The molecule has 0 saturated carbocycles. The first-order chi connectivity index (χ1) is 11.2. The minimum Gasteiger partial charge on any atom is -0.389 e. The summed E-state index contributed by atoms with van der Waals surface area (Å²) in [7, 11) is 0. The maximum Gasteiger partial charge on any atom is 0.294 e. The summed E-state index contributed by atoms with van der Waals surface area (Å²) >= 11 is 0. The molecule has 1 heterocycles. The molecule has 0 radical (unpaired) electrons. The van der Waals surface area contributed by atoms with Crippen molar-refractivity contribution in [3.8, 4) is 5.69 Å². The smallest absolute Gasteiger partial charge is 0.294 e. The summed E-state index contributed by atoms with van der Waals surface area (Å²) in [6, 6.07) is 7.68. The van der Waals surface area contributed by atoms with E-state index in [1.807, 2.05) is 6.92 Å². The highest BCUT2D eigenvalue weighted by atomic mass is 16.6. The highest BCUT2D eigenvalue weighted by Crippen LogP contribution is 2.22. The van der Waals surface area contributed by atoms with Crippen molar-refractivity contribution in [2.75, 3.05) is 13.1 Å². The molecule has 128 valence electrons. The molecule has 8 nitrogen and oxygen atoms in total. The molecule has 1 amide bonds. The molecule has 1 aromatic carbocycles. The first-order valence-corrected chi connectivity index (χ1v) is 7.54. The minimum absolute atomic E-state index is 0.0940. The number of likely N-dealkylation sites (N-methyl/N-ethyl adjacent to an activating group) is 1. The monoisotopic (exact) mass is 332 g/mol. The lowest BCUT2D eigenvalue weighted by molar-refractivity contribution is -0.384. The number of nitro benzene ring substituents is 1. The number of nitro groups is 1. The molecular formula is C16H20N4O4. The van der Waals surface area contributed by atoms with Gasteiger partial charge in [-0.25, -0.2) is 4.68 Å². The third-order valence-corrected chi connectivity index (χ3v) is 3.38. The minimum atomic E-state index is -1.02. The first kappa shape index (κ1) is 17.6. The predicted molar refractivity (Wildman–Crippen MR) is 88.1 cm³/mol. The molecule has 0 aliphatic rings. The van der Waals surface area contributed by atoms with E-state index in [4.69, 9.17) is 0 Å². The van der Waals surface area contributed by atoms with Crippen LogP contribution in [0, 0.1) is 10.1 Å². The summed E-state index contributed by atoms with van der Waals surface area (Å²) in [4.78, 5) is 24.6. The molecule has 8 heteroatoms. The molecule has 0 aliphatic carbocycles. The average molecular weight is 332 g/mol. The van der Waals surface area contributed by atoms with Crippen LogP contribution in [0.15, 0.2) is 36.5 Å². The van der Waals surface area contributed by atoms with Gasteiger partial charge in [0.05, 0.1) is 10.5 Å². The number of benzene rings is 1. The van der Waals surface area contributed by atoms with Crippen molar-refractivity contribution in [3.63, 3.8) is 0 Å². The van der Waals surface area contributed by atoms with Gasteiger partial charge in [0.25, 0.3) is 11.6 Å². The van der Waals surface area contributed by atoms with Crippen LogP contribution in [-0.4, -0.2) is 49.3 Å². The number of carbonyl (C=O) groups excluding carboxylic acids is 1. The van der Waals surface area contributed by atoms with E-state index in [2.05, 4.69) is 5.10 Å². The van der Waals surface area contributed by atoms with E-state index in [-0.39, 0.29) is 29.5 Å². The SMILES string of the molecule is CCN(CC(C)(C)O)C(=O)c1ccn(-c2ccccc2[N+](=O)[O-])n1. The van der Waals surface area contributed by atoms with Gasteiger partial charge in [-0.05, 0) is 32.9 Å². The molecule has 0 unspecified atom stereocenters. The maximum absolute atomic E-state index is 12.5. The molecule has 0 atom stereocenters. The van der Waals surface area contributed by atoms with Crippen molar-refractivity contribution < 1.29 is 14.8 Å². The summed E-state index contributed by atoms with van der Waals surface area (Å²) in [5.41, 5.74) is -0.665. The third-order valence-electron chi connectivity index (χ3n) is 3.38. The number of aromatic nitrogens is 2. The molecule has 24 heavy (non-hydrogen) atoms. The van der Waals surface area contributed by atoms with Gasteiger partial charge in [0.1, 0.15) is 5.69 Å². The Morgan fingerprint density at radius 1 is 1.38 bits per heavy atom. The van der Waals surface area contributed by atoms with Gasteiger partial charge < -0.3 is 10.0 Å². The van der Waals surface area contributed by atoms with Crippen molar-refractivity contribution in [3.05, 3.63) is 52.3 Å². The fraction of sp³-hybridized carbons (Fsp3) is 0.375. The number of amides is 1. The average Bonchev–Trinajstić information content (AvgIpc) is 3.00. The van der Waals surface area contributed by atoms with Crippen LogP contribution in [0.4, 0.5) is 5.69 Å². The zero-order chi connectivity index (χ0) is 17.9. The van der Waals surface area contributed by atoms with E-state index in [0.29, 0.717) is 6.54 Å². The summed E-state index contributed by atoms with van der Waals surface area (Å²) in [5.74, 6) is -0.336. The first-order valence-electron chi connectivity index (χ1n) is 7.54. The molecule has 1 aromatic heterocycles. The second kappa shape index (κ2) is 6.79. The fourth-order valence-electron chi connectivity index (χ4n) is 2.34. The Kier molecular flexibility index (Phi) is 4.99. The summed E-state index contributed by atoms with van der Waals surface area (Å²) < 4.78 is 1.31. The second-order valence-electron chi connectivity index (χ2n) is 6.02. The largest absolute Gasteiger partial charge is 0.389 e. The van der Waals surface area contributed by atoms with Crippen LogP contribution in [0.2, 0.25) is 0 Å². The van der Waals surface area contributed by atoms with Crippen LogP contribution < -0.4 is 0 Å². The Bertz CT molecular complexity index is 749. The number of hydrogen-bond acceptors (Lipinski definition) is 5. The molecule has 0 aliphatic heterocycles. The molecule has 2 aromatic rings. The van der Waals surface area contributed by atoms with Gasteiger partial charge in [0.15, 0.2) is 5.69 Å². The third kappa shape index (κ3) is 3.96. The highest BCUT2D eigenvalue weighted by molar-refractivity contribution is 5.92. The predicted octanol–water partition coefficient (Wildman–Crippen LogP) is 2.01. The normalized spacial score (nSPS) is 11.3. The molecule has 2 rings (SSSR count). The van der Waals surface area contributed by atoms with Crippen molar-refractivity contribution >= 4 is 11.6 Å². The zero-order valence-corrected chi connectivity index (χ0v) is 13.8. The highest BCUT2D eigenvalue weighted by Gasteiger charge is 2.24. The van der Waals surface area contributed by atoms with Crippen LogP contribution in [0.3, 0.4) is 0 Å². The van der Waals surface area contributed by atoms with Crippen LogP contribution in [0.1, 0.15) is 31.3 Å². The summed E-state index contributed by atoms with van der Waals surface area (Å²) in [6.45, 7) is 5.63. The quantitative estimate of drug-likeness (QED) is 0.644. The molecule has 0 fully saturated rings. The lowest BCUT2D eigenvalue weighted by Gasteiger charge is -2.27. The number of carbonyl (C=O) groups is 1. The molecule has 0 saturated heterocycles. The van der Waals surface area contributed by atoms with Gasteiger partial charge in [0.2, 0.25) is 0 Å². The summed E-state index contributed by atoms with van der Waals surface area (Å²) in [5, 5.41) is 25.2. The Morgan fingerprint density at radius 3 is 2.62 bits per heavy atom. The number of aliphatic hydroxyl groups is 1. The molecule has 1 N–H and O–H groups in total. The zero-order valence-electron chi connectivity index (χ0n) is 13.8. The van der Waals surface area contributed by atoms with Crippen molar-refractivity contribution in [1.82, 2.24) is 14.7 Å². The lowest BCUT2D eigenvalue weighted by Crippen LogP contribution is -2.42. The number of hydrogen-bond donors (Lipinski definition) is 1. The number of nitrogens with zero attached hydrogens (tertiary/aromatic N) is 4. The van der Waals surface area contributed by atoms with Gasteiger partial charge in [-0.15, -0.1) is 0 Å². The standard InChI is InChI=1S/C16H20N4O4/c1-4-18(11-16(2,3)22)15(21)12-9-10-19(17-12)13-7-5-6-8-14(13)20(23)24/h5-10,22H,4,11H2,1-3H3. The topological polar surface area (TPSA) is 102 Å². The van der Waals surface area contributed by atoms with E-state index in [1.54, 1.807) is 32.0 Å². The van der Waals surface area contributed by atoms with E-state index in [0.717, 1.165) is 0 Å². The van der Waals surface area contributed by atoms with E-state index in [1.165, 1.54) is 27.9 Å². The van der Waals surface area contributed by atoms with Gasteiger partial charge >= 0.3 is 0 Å². The summed E-state index contributed by atoms with van der Waals surface area (Å²) in [6.07, 6.45) is 1.51. The molecular weight excluding hydrogens is 312 g/mol. The number of rotatable bonds is 6. The van der Waals surface area contributed by atoms with Crippen molar-refractivity contribution in [1.29, 1.82) is 0 Å². The Morgan fingerprint density at radius 2 is 2.04 bits per heavy atom. The Labute approximate surface area is 139 Å². The van der Waals surface area contributed by atoms with Gasteiger partial charge in [-0.3, -0.25) is 14.9 Å². The van der Waals surface area contributed by atoms with Crippen LogP contribution >= 0.6 is 0 Å². The fourth-order valence-corrected chi connectivity index (χ4v) is 2.34. The molecule has 0 spiro atoms. The van der Waals surface area contributed by atoms with Gasteiger partial charge in [-0.2, -0.15) is 5.10 Å². The van der Waals surface area contributed by atoms with Gasteiger partial charge in [0, 0.05) is 25.4 Å². The van der Waals surface area contributed by atoms with Crippen LogP contribution in [0.25, 0.3) is 5.69 Å². The van der Waals surface area contributed by atoms with Crippen LogP contribution in [0.5, 0.6) is 0 Å². The van der Waals surface area contributed by atoms with Gasteiger partial charge in [-0.1, -0.05) is 12.1 Å². The van der Waals surface area contributed by atoms with Crippen molar-refractivity contribution in [2.45, 2.75) is 26.4 Å². The lowest BCUT2D eigenvalue weighted by atomic mass is 10.1. The second-order valence-corrected chi connectivity index (χ2v) is 6.02. The van der Waals surface area contributed by atoms with Crippen molar-refractivity contribution in [2.24, 2.45) is 0 Å².